The van der Waals surface area contributed by atoms with Crippen molar-refractivity contribution in [2.24, 2.45) is 5.73 Å². The standard InChI is InChI=1S/C13H14N4O2/c1-7-4-8-9(6-15-7)13(17(18)19)3-2-11(8)16-12-5-10(12)14/h2-4,6,10,12,16H,5,14H2,1H3. The van der Waals surface area contributed by atoms with E-state index in [4.69, 9.17) is 5.73 Å². The summed E-state index contributed by atoms with van der Waals surface area (Å²) >= 11 is 0. The van der Waals surface area contributed by atoms with Crippen LogP contribution in [0.3, 0.4) is 0 Å². The maximum atomic E-state index is 11.0. The fraction of sp³-hybridized carbons (Fsp3) is 0.308. The number of nitrogens with two attached hydrogens (primary N) is 1. The molecule has 1 aliphatic rings. The Kier molecular flexibility index (Phi) is 2.60. The first-order valence-electron chi connectivity index (χ1n) is 6.12. The number of nitrogens with one attached hydrogen (secondary N) is 1. The molecule has 1 saturated carbocycles. The molecule has 3 N–H and O–H groups in total. The monoisotopic (exact) mass is 258 g/mol. The Morgan fingerprint density at radius 3 is 2.84 bits per heavy atom. The van der Waals surface area contributed by atoms with E-state index in [2.05, 4.69) is 10.3 Å². The SMILES string of the molecule is Cc1cc2c(NC3CC3N)ccc([N+](=O)[O-])c2cn1. The molecule has 0 aliphatic heterocycles. The van der Waals surface area contributed by atoms with E-state index in [1.54, 1.807) is 12.3 Å². The zero-order valence-electron chi connectivity index (χ0n) is 10.5. The third-order valence-electron chi connectivity index (χ3n) is 3.39. The number of nitro groups is 1. The van der Waals surface area contributed by atoms with E-state index < -0.39 is 0 Å². The van der Waals surface area contributed by atoms with Crippen LogP contribution in [0.1, 0.15) is 12.1 Å². The van der Waals surface area contributed by atoms with Crippen molar-refractivity contribution in [1.29, 1.82) is 0 Å². The summed E-state index contributed by atoms with van der Waals surface area (Å²) in [6.45, 7) is 1.87. The summed E-state index contributed by atoms with van der Waals surface area (Å²) in [5.74, 6) is 0. The summed E-state index contributed by atoms with van der Waals surface area (Å²) in [4.78, 5) is 14.8. The minimum Gasteiger partial charge on any atom is -0.380 e. The van der Waals surface area contributed by atoms with Crippen LogP contribution < -0.4 is 11.1 Å². The van der Waals surface area contributed by atoms with E-state index in [1.807, 2.05) is 13.0 Å². The lowest BCUT2D eigenvalue weighted by molar-refractivity contribution is -0.383. The van der Waals surface area contributed by atoms with Gasteiger partial charge in [0.05, 0.1) is 10.3 Å². The first-order chi connectivity index (χ1) is 9.06. The molecule has 6 heteroatoms. The Labute approximate surface area is 109 Å². The second-order valence-electron chi connectivity index (χ2n) is 4.91. The van der Waals surface area contributed by atoms with Gasteiger partial charge in [0.15, 0.2) is 0 Å². The van der Waals surface area contributed by atoms with E-state index in [-0.39, 0.29) is 22.7 Å². The lowest BCUT2D eigenvalue weighted by Crippen LogP contribution is -2.13. The van der Waals surface area contributed by atoms with Crippen molar-refractivity contribution in [2.75, 3.05) is 5.32 Å². The number of aromatic nitrogens is 1. The lowest BCUT2D eigenvalue weighted by Gasteiger charge is -2.10. The molecule has 0 saturated heterocycles. The molecule has 1 heterocycles. The summed E-state index contributed by atoms with van der Waals surface area (Å²) < 4.78 is 0. The van der Waals surface area contributed by atoms with Crippen LogP contribution in [0.2, 0.25) is 0 Å². The van der Waals surface area contributed by atoms with Crippen molar-refractivity contribution in [3.8, 4) is 0 Å². The molecule has 2 unspecified atom stereocenters. The Morgan fingerprint density at radius 1 is 1.47 bits per heavy atom. The number of nitrogens with zero attached hydrogens (tertiary/aromatic N) is 2. The molecular weight excluding hydrogens is 244 g/mol. The van der Waals surface area contributed by atoms with Crippen LogP contribution in [0, 0.1) is 17.0 Å². The highest BCUT2D eigenvalue weighted by Gasteiger charge is 2.33. The van der Waals surface area contributed by atoms with Crippen LogP contribution in [0.5, 0.6) is 0 Å². The van der Waals surface area contributed by atoms with Gasteiger partial charge in [0, 0.05) is 41.1 Å². The molecule has 1 aromatic heterocycles. The van der Waals surface area contributed by atoms with Gasteiger partial charge in [-0.15, -0.1) is 0 Å². The van der Waals surface area contributed by atoms with Crippen LogP contribution in [0.15, 0.2) is 24.4 Å². The fourth-order valence-corrected chi connectivity index (χ4v) is 2.19. The predicted molar refractivity (Wildman–Crippen MR) is 73.1 cm³/mol. The van der Waals surface area contributed by atoms with Crippen LogP contribution in [-0.2, 0) is 0 Å². The first-order valence-corrected chi connectivity index (χ1v) is 6.12. The molecule has 6 nitrogen and oxygen atoms in total. The second kappa shape index (κ2) is 4.17. The van der Waals surface area contributed by atoms with E-state index in [0.717, 1.165) is 23.2 Å². The van der Waals surface area contributed by atoms with Gasteiger partial charge in [-0.25, -0.2) is 0 Å². The number of hydrogen-bond acceptors (Lipinski definition) is 5. The smallest absolute Gasteiger partial charge is 0.278 e. The number of pyridine rings is 1. The Bertz CT molecular complexity index is 671. The molecule has 0 radical (unpaired) electrons. The minimum absolute atomic E-state index is 0.0770. The number of non-ortho nitro benzene ring substituents is 1. The van der Waals surface area contributed by atoms with Crippen LogP contribution in [0.4, 0.5) is 11.4 Å². The number of anilines is 1. The van der Waals surface area contributed by atoms with Gasteiger partial charge in [-0.2, -0.15) is 0 Å². The molecule has 3 rings (SSSR count). The molecule has 2 aromatic rings. The summed E-state index contributed by atoms with van der Waals surface area (Å²) in [6.07, 6.45) is 2.49. The number of benzene rings is 1. The highest BCUT2D eigenvalue weighted by molar-refractivity contribution is 5.99. The summed E-state index contributed by atoms with van der Waals surface area (Å²) in [7, 11) is 0. The van der Waals surface area contributed by atoms with Gasteiger partial charge in [0.1, 0.15) is 0 Å². The highest BCUT2D eigenvalue weighted by atomic mass is 16.6. The van der Waals surface area contributed by atoms with E-state index >= 15 is 0 Å². The van der Waals surface area contributed by atoms with Gasteiger partial charge in [0.25, 0.3) is 5.69 Å². The molecule has 0 spiro atoms. The molecular formula is C13H14N4O2. The van der Waals surface area contributed by atoms with Crippen molar-refractivity contribution < 1.29 is 4.92 Å². The van der Waals surface area contributed by atoms with Crippen LogP contribution in [-0.4, -0.2) is 22.0 Å². The number of nitro benzene ring substituents is 1. The topological polar surface area (TPSA) is 94.1 Å². The third-order valence-corrected chi connectivity index (χ3v) is 3.39. The van der Waals surface area contributed by atoms with E-state index in [0.29, 0.717) is 5.39 Å². The molecule has 1 fully saturated rings. The highest BCUT2D eigenvalue weighted by Crippen LogP contribution is 2.34. The number of aryl methyl sites for hydroxylation is 1. The Hall–Kier alpha value is -2.21. The summed E-state index contributed by atoms with van der Waals surface area (Å²) in [6, 6.07) is 5.55. The van der Waals surface area contributed by atoms with Gasteiger partial charge >= 0.3 is 0 Å². The molecule has 1 aliphatic carbocycles. The van der Waals surface area contributed by atoms with Crippen LogP contribution in [0.25, 0.3) is 10.8 Å². The largest absolute Gasteiger partial charge is 0.380 e. The van der Waals surface area contributed by atoms with Crippen molar-refractivity contribution >= 4 is 22.1 Å². The molecule has 1 aromatic carbocycles. The number of fused-ring (bicyclic) bond motifs is 1. The van der Waals surface area contributed by atoms with Gasteiger partial charge in [-0.1, -0.05) is 0 Å². The van der Waals surface area contributed by atoms with Crippen LogP contribution >= 0.6 is 0 Å². The number of rotatable bonds is 3. The summed E-state index contributed by atoms with van der Waals surface area (Å²) in [5.41, 5.74) is 7.57. The van der Waals surface area contributed by atoms with Gasteiger partial charge < -0.3 is 11.1 Å². The zero-order valence-corrected chi connectivity index (χ0v) is 10.5. The maximum absolute atomic E-state index is 11.0. The van der Waals surface area contributed by atoms with E-state index in [1.165, 1.54) is 6.07 Å². The zero-order chi connectivity index (χ0) is 13.6. The third kappa shape index (κ3) is 2.10. The average molecular weight is 258 g/mol. The second-order valence-corrected chi connectivity index (χ2v) is 4.91. The molecule has 2 atom stereocenters. The fourth-order valence-electron chi connectivity index (χ4n) is 2.19. The quantitative estimate of drug-likeness (QED) is 0.648. The van der Waals surface area contributed by atoms with Crippen molar-refractivity contribution in [3.05, 3.63) is 40.2 Å². The summed E-state index contributed by atoms with van der Waals surface area (Å²) in [5, 5.41) is 15.7. The Balaban J connectivity index is 2.14. The average Bonchev–Trinajstić information content (AvgIpc) is 3.05. The van der Waals surface area contributed by atoms with E-state index in [9.17, 15) is 10.1 Å². The van der Waals surface area contributed by atoms with Gasteiger partial charge in [0.2, 0.25) is 0 Å². The number of hydrogen-bond donors (Lipinski definition) is 2. The minimum atomic E-state index is -0.383. The lowest BCUT2D eigenvalue weighted by atomic mass is 10.1. The van der Waals surface area contributed by atoms with Crippen molar-refractivity contribution in [1.82, 2.24) is 4.98 Å². The van der Waals surface area contributed by atoms with Crippen molar-refractivity contribution in [2.45, 2.75) is 25.4 Å². The van der Waals surface area contributed by atoms with Gasteiger partial charge in [-0.3, -0.25) is 15.1 Å². The predicted octanol–water partition coefficient (Wildman–Crippen LogP) is 1.96. The molecule has 19 heavy (non-hydrogen) atoms. The van der Waals surface area contributed by atoms with Gasteiger partial charge in [-0.05, 0) is 25.5 Å². The normalized spacial score (nSPS) is 21.4. The first kappa shape index (κ1) is 11.9. The maximum Gasteiger partial charge on any atom is 0.278 e. The molecule has 0 amide bonds. The molecule has 0 bridgehead atoms. The van der Waals surface area contributed by atoms with Crippen molar-refractivity contribution in [3.63, 3.8) is 0 Å². The molecule has 98 valence electrons. The Morgan fingerprint density at radius 2 is 2.21 bits per heavy atom.